The fraction of sp³-hybridized carbons (Fsp3) is 0.529. The summed E-state index contributed by atoms with van der Waals surface area (Å²) < 4.78 is 19.1. The van der Waals surface area contributed by atoms with Crippen LogP contribution in [-0.2, 0) is 9.59 Å². The summed E-state index contributed by atoms with van der Waals surface area (Å²) in [5.41, 5.74) is 5.19. The highest BCUT2D eigenvalue weighted by molar-refractivity contribution is 5.80. The summed E-state index contributed by atoms with van der Waals surface area (Å²) in [6.07, 6.45) is 1.32. The van der Waals surface area contributed by atoms with Gasteiger partial charge in [-0.25, -0.2) is 4.39 Å². The molecular weight excluding hydrogens is 313 g/mol. The Bertz CT molecular complexity index is 611. The summed E-state index contributed by atoms with van der Waals surface area (Å²) >= 11 is 0. The van der Waals surface area contributed by atoms with Crippen LogP contribution in [0.2, 0.25) is 0 Å². The number of hydrogen-bond donors (Lipinski definition) is 1. The summed E-state index contributed by atoms with van der Waals surface area (Å²) in [6, 6.07) is 6.29. The standard InChI is InChI=1S/C17H22FN3O3/c18-14-3-1-2-4-15(14)24-13-9-21(10-13)17(23)12-5-7-20(8-6-12)11-16(19)22/h1-4,12-13H,5-11H2,(H2,19,22). The Hall–Kier alpha value is -2.15. The van der Waals surface area contributed by atoms with Crippen LogP contribution in [0.4, 0.5) is 4.39 Å². The maximum absolute atomic E-state index is 13.5. The van der Waals surface area contributed by atoms with E-state index in [4.69, 9.17) is 10.5 Å². The normalized spacial score (nSPS) is 19.8. The number of ether oxygens (including phenoxy) is 1. The molecule has 0 aromatic heterocycles. The lowest BCUT2D eigenvalue weighted by Gasteiger charge is -2.42. The number of benzene rings is 1. The van der Waals surface area contributed by atoms with Gasteiger partial charge in [-0.2, -0.15) is 0 Å². The lowest BCUT2D eigenvalue weighted by Crippen LogP contribution is -2.58. The molecule has 130 valence electrons. The molecule has 1 aromatic carbocycles. The molecule has 0 spiro atoms. The van der Waals surface area contributed by atoms with Crippen LogP contribution in [0.3, 0.4) is 0 Å². The Morgan fingerprint density at radius 1 is 1.21 bits per heavy atom. The topological polar surface area (TPSA) is 75.9 Å². The van der Waals surface area contributed by atoms with E-state index in [9.17, 15) is 14.0 Å². The van der Waals surface area contributed by atoms with E-state index < -0.39 is 0 Å². The van der Waals surface area contributed by atoms with Crippen LogP contribution in [0, 0.1) is 11.7 Å². The van der Waals surface area contributed by atoms with Crippen molar-refractivity contribution in [2.75, 3.05) is 32.7 Å². The van der Waals surface area contributed by atoms with Gasteiger partial charge in [0.2, 0.25) is 11.8 Å². The summed E-state index contributed by atoms with van der Waals surface area (Å²) in [5, 5.41) is 0. The van der Waals surface area contributed by atoms with Crippen molar-refractivity contribution in [1.82, 2.24) is 9.80 Å². The first-order chi connectivity index (χ1) is 11.5. The minimum absolute atomic E-state index is 0.0106. The van der Waals surface area contributed by atoms with Gasteiger partial charge < -0.3 is 15.4 Å². The van der Waals surface area contributed by atoms with Gasteiger partial charge in [-0.15, -0.1) is 0 Å². The molecule has 2 aliphatic heterocycles. The zero-order valence-corrected chi connectivity index (χ0v) is 13.5. The first kappa shape index (κ1) is 16.7. The van der Waals surface area contributed by atoms with Gasteiger partial charge in [0.05, 0.1) is 19.6 Å². The van der Waals surface area contributed by atoms with Crippen LogP contribution in [0.1, 0.15) is 12.8 Å². The number of para-hydroxylation sites is 1. The van der Waals surface area contributed by atoms with Crippen LogP contribution in [0.15, 0.2) is 24.3 Å². The molecule has 0 saturated carbocycles. The highest BCUT2D eigenvalue weighted by Crippen LogP contribution is 2.25. The van der Waals surface area contributed by atoms with Crippen molar-refractivity contribution in [2.24, 2.45) is 11.7 Å². The fourth-order valence-electron chi connectivity index (χ4n) is 3.23. The monoisotopic (exact) mass is 335 g/mol. The second kappa shape index (κ2) is 7.17. The van der Waals surface area contributed by atoms with E-state index in [0.29, 0.717) is 26.2 Å². The molecule has 2 fully saturated rings. The number of nitrogens with two attached hydrogens (primary N) is 1. The van der Waals surface area contributed by atoms with Gasteiger partial charge in [0.25, 0.3) is 0 Å². The molecule has 0 aliphatic carbocycles. The van der Waals surface area contributed by atoms with Crippen molar-refractivity contribution in [3.05, 3.63) is 30.1 Å². The van der Waals surface area contributed by atoms with Crippen LogP contribution in [0.5, 0.6) is 5.75 Å². The molecule has 6 nitrogen and oxygen atoms in total. The lowest BCUT2D eigenvalue weighted by molar-refractivity contribution is -0.146. The minimum atomic E-state index is -0.385. The number of hydrogen-bond acceptors (Lipinski definition) is 4. The SMILES string of the molecule is NC(=O)CN1CCC(C(=O)N2CC(Oc3ccccc3F)C2)CC1. The zero-order chi connectivity index (χ0) is 17.1. The smallest absolute Gasteiger partial charge is 0.231 e. The number of halogens is 1. The molecule has 2 aliphatic rings. The van der Waals surface area contributed by atoms with E-state index in [1.807, 2.05) is 4.90 Å². The quantitative estimate of drug-likeness (QED) is 0.856. The molecule has 2 saturated heterocycles. The average molecular weight is 335 g/mol. The molecule has 7 heteroatoms. The maximum atomic E-state index is 13.5. The minimum Gasteiger partial charge on any atom is -0.484 e. The predicted molar refractivity (Wildman–Crippen MR) is 85.8 cm³/mol. The van der Waals surface area contributed by atoms with Gasteiger partial charge >= 0.3 is 0 Å². The Kier molecular flexibility index (Phi) is 4.99. The van der Waals surface area contributed by atoms with Crippen LogP contribution in [-0.4, -0.2) is 60.4 Å². The van der Waals surface area contributed by atoms with E-state index in [1.165, 1.54) is 6.07 Å². The third kappa shape index (κ3) is 3.84. The number of amides is 2. The first-order valence-corrected chi connectivity index (χ1v) is 8.23. The predicted octanol–water partition coefficient (Wildman–Crippen LogP) is 0.613. The number of rotatable bonds is 5. The van der Waals surface area contributed by atoms with Crippen molar-refractivity contribution in [3.8, 4) is 5.75 Å². The lowest BCUT2D eigenvalue weighted by atomic mass is 9.93. The zero-order valence-electron chi connectivity index (χ0n) is 13.5. The van der Waals surface area contributed by atoms with E-state index >= 15 is 0 Å². The fourth-order valence-corrected chi connectivity index (χ4v) is 3.23. The molecule has 0 radical (unpaired) electrons. The summed E-state index contributed by atoms with van der Waals surface area (Å²) in [5.74, 6) is -0.375. The van der Waals surface area contributed by atoms with Crippen molar-refractivity contribution in [1.29, 1.82) is 0 Å². The second-order valence-corrected chi connectivity index (χ2v) is 6.43. The number of likely N-dealkylation sites (tertiary alicyclic amines) is 2. The highest BCUT2D eigenvalue weighted by atomic mass is 19.1. The third-order valence-corrected chi connectivity index (χ3v) is 4.61. The van der Waals surface area contributed by atoms with Crippen LogP contribution < -0.4 is 10.5 Å². The van der Waals surface area contributed by atoms with Crippen LogP contribution >= 0.6 is 0 Å². The van der Waals surface area contributed by atoms with Crippen LogP contribution in [0.25, 0.3) is 0 Å². The van der Waals surface area contributed by atoms with Crippen molar-refractivity contribution in [2.45, 2.75) is 18.9 Å². The largest absolute Gasteiger partial charge is 0.484 e. The van der Waals surface area contributed by atoms with Crippen molar-refractivity contribution >= 4 is 11.8 Å². The van der Waals surface area contributed by atoms with Gasteiger partial charge in [-0.3, -0.25) is 14.5 Å². The molecule has 24 heavy (non-hydrogen) atoms. The average Bonchev–Trinajstić information content (AvgIpc) is 2.51. The number of carbonyl (C=O) groups excluding carboxylic acids is 2. The maximum Gasteiger partial charge on any atom is 0.231 e. The first-order valence-electron chi connectivity index (χ1n) is 8.23. The summed E-state index contributed by atoms with van der Waals surface area (Å²) in [7, 11) is 0. The van der Waals surface area contributed by atoms with E-state index in [0.717, 1.165) is 12.8 Å². The Morgan fingerprint density at radius 2 is 1.88 bits per heavy atom. The van der Waals surface area contributed by atoms with E-state index in [2.05, 4.69) is 0 Å². The molecule has 3 rings (SSSR count). The molecule has 0 bridgehead atoms. The van der Waals surface area contributed by atoms with Gasteiger partial charge in [-0.05, 0) is 38.1 Å². The van der Waals surface area contributed by atoms with Crippen molar-refractivity contribution in [3.63, 3.8) is 0 Å². The summed E-state index contributed by atoms with van der Waals surface area (Å²) in [6.45, 7) is 2.66. The Morgan fingerprint density at radius 3 is 2.50 bits per heavy atom. The van der Waals surface area contributed by atoms with Crippen molar-refractivity contribution < 1.29 is 18.7 Å². The summed E-state index contributed by atoms with van der Waals surface area (Å²) in [4.78, 5) is 27.1. The molecule has 2 N–H and O–H groups in total. The molecule has 1 aromatic rings. The van der Waals surface area contributed by atoms with E-state index in [1.54, 1.807) is 23.1 Å². The highest BCUT2D eigenvalue weighted by Gasteiger charge is 2.37. The van der Waals surface area contributed by atoms with Gasteiger partial charge in [-0.1, -0.05) is 12.1 Å². The van der Waals surface area contributed by atoms with Gasteiger partial charge in [0.15, 0.2) is 11.6 Å². The molecule has 2 heterocycles. The second-order valence-electron chi connectivity index (χ2n) is 6.43. The molecule has 0 unspecified atom stereocenters. The third-order valence-electron chi connectivity index (χ3n) is 4.61. The number of piperidine rings is 1. The number of carbonyl (C=O) groups is 2. The Balaban J connectivity index is 1.42. The van der Waals surface area contributed by atoms with Gasteiger partial charge in [0, 0.05) is 5.92 Å². The molecular formula is C17H22FN3O3. The number of nitrogens with zero attached hydrogens (tertiary/aromatic N) is 2. The van der Waals surface area contributed by atoms with E-state index in [-0.39, 0.29) is 41.9 Å². The molecule has 0 atom stereocenters. The Labute approximate surface area is 140 Å². The number of primary amides is 1. The van der Waals surface area contributed by atoms with Gasteiger partial charge in [0.1, 0.15) is 6.10 Å². The molecule has 2 amide bonds.